The molecule has 0 saturated carbocycles. The Hall–Kier alpha value is -1.97. The van der Waals surface area contributed by atoms with Crippen molar-refractivity contribution in [2.45, 2.75) is 12.5 Å². The quantitative estimate of drug-likeness (QED) is 0.719. The van der Waals surface area contributed by atoms with Crippen LogP contribution in [0, 0.1) is 0 Å². The maximum atomic E-state index is 10.9. The fourth-order valence-electron chi connectivity index (χ4n) is 1.46. The third kappa shape index (κ3) is 1.79. The number of cyclic esters (lactones) is 1. The van der Waals surface area contributed by atoms with Crippen molar-refractivity contribution in [3.63, 3.8) is 0 Å². The van der Waals surface area contributed by atoms with Gasteiger partial charge in [-0.25, -0.2) is 4.79 Å². The number of carbonyl (C=O) groups is 1. The molecule has 0 spiro atoms. The van der Waals surface area contributed by atoms with Gasteiger partial charge >= 0.3 is 5.97 Å². The third-order valence-corrected chi connectivity index (χ3v) is 2.25. The highest BCUT2D eigenvalue weighted by Crippen LogP contribution is 2.21. The van der Waals surface area contributed by atoms with Crippen molar-refractivity contribution in [3.8, 4) is 0 Å². The van der Waals surface area contributed by atoms with Crippen molar-refractivity contribution in [1.82, 2.24) is 0 Å². The lowest BCUT2D eigenvalue weighted by Crippen LogP contribution is -2.14. The number of aliphatic hydroxyl groups is 2. The third-order valence-electron chi connectivity index (χ3n) is 2.25. The van der Waals surface area contributed by atoms with Gasteiger partial charge in [-0.2, -0.15) is 0 Å². The second-order valence-electron chi connectivity index (χ2n) is 3.32. The normalized spacial score (nSPS) is 20.5. The Morgan fingerprint density at radius 1 is 1.20 bits per heavy atom. The van der Waals surface area contributed by atoms with E-state index in [-0.39, 0.29) is 5.76 Å². The zero-order valence-electron chi connectivity index (χ0n) is 7.88. The molecular formula is C11H10O4. The Balaban J connectivity index is 2.13. The van der Waals surface area contributed by atoms with E-state index in [0.717, 1.165) is 5.56 Å². The van der Waals surface area contributed by atoms with Crippen LogP contribution < -0.4 is 0 Å². The summed E-state index contributed by atoms with van der Waals surface area (Å²) in [6.45, 7) is 0. The average Bonchev–Trinajstić information content (AvgIpc) is 2.48. The largest absolute Gasteiger partial charge is 0.505 e. The zero-order chi connectivity index (χ0) is 10.8. The summed E-state index contributed by atoms with van der Waals surface area (Å²) in [4.78, 5) is 10.9. The van der Waals surface area contributed by atoms with Crippen LogP contribution in [0.15, 0.2) is 41.9 Å². The number of carbonyl (C=O) groups excluding carboxylic acids is 1. The minimum atomic E-state index is -0.867. The Morgan fingerprint density at radius 3 is 2.40 bits per heavy atom. The molecule has 1 aromatic carbocycles. The van der Waals surface area contributed by atoms with Crippen LogP contribution in [-0.2, 0) is 16.0 Å². The van der Waals surface area contributed by atoms with Crippen molar-refractivity contribution in [2.24, 2.45) is 0 Å². The van der Waals surface area contributed by atoms with Gasteiger partial charge < -0.3 is 14.9 Å². The standard InChI is InChI=1S/C11H10O4/c12-9-8(15-11(14)10(9)13)6-7-4-2-1-3-5-7/h1-5,8,12-13H,6H2. The van der Waals surface area contributed by atoms with Crippen LogP contribution in [0.5, 0.6) is 0 Å². The molecule has 78 valence electrons. The first-order chi connectivity index (χ1) is 7.18. The molecule has 1 aromatic rings. The van der Waals surface area contributed by atoms with Gasteiger partial charge in [0.1, 0.15) is 0 Å². The number of ether oxygens (including phenoxy) is 1. The smallest absolute Gasteiger partial charge is 0.377 e. The van der Waals surface area contributed by atoms with E-state index in [9.17, 15) is 9.90 Å². The maximum absolute atomic E-state index is 10.9. The van der Waals surface area contributed by atoms with Gasteiger partial charge in [0.15, 0.2) is 11.9 Å². The van der Waals surface area contributed by atoms with E-state index in [1.54, 1.807) is 0 Å². The molecule has 2 rings (SSSR count). The van der Waals surface area contributed by atoms with Crippen LogP contribution in [-0.4, -0.2) is 22.3 Å². The predicted octanol–water partition coefficient (Wildman–Crippen LogP) is 1.48. The molecule has 0 fully saturated rings. The topological polar surface area (TPSA) is 66.8 Å². The molecule has 0 radical (unpaired) electrons. The molecule has 0 bridgehead atoms. The molecule has 1 aliphatic heterocycles. The van der Waals surface area contributed by atoms with Crippen molar-refractivity contribution in [1.29, 1.82) is 0 Å². The second kappa shape index (κ2) is 3.65. The summed E-state index contributed by atoms with van der Waals surface area (Å²) in [5, 5.41) is 18.4. The number of hydrogen-bond donors (Lipinski definition) is 2. The van der Waals surface area contributed by atoms with Gasteiger partial charge in [0, 0.05) is 6.42 Å². The molecule has 1 unspecified atom stereocenters. The van der Waals surface area contributed by atoms with Gasteiger partial charge in [0.2, 0.25) is 5.76 Å². The van der Waals surface area contributed by atoms with Gasteiger partial charge in [-0.15, -0.1) is 0 Å². The highest BCUT2D eigenvalue weighted by molar-refractivity contribution is 5.89. The fourth-order valence-corrected chi connectivity index (χ4v) is 1.46. The molecule has 0 saturated heterocycles. The van der Waals surface area contributed by atoms with Crippen LogP contribution >= 0.6 is 0 Å². The first-order valence-corrected chi connectivity index (χ1v) is 4.55. The summed E-state index contributed by atoms with van der Waals surface area (Å²) in [5.41, 5.74) is 0.927. The number of hydrogen-bond acceptors (Lipinski definition) is 4. The molecule has 0 amide bonds. The van der Waals surface area contributed by atoms with Crippen molar-refractivity contribution >= 4 is 5.97 Å². The number of benzene rings is 1. The summed E-state index contributed by atoms with van der Waals surface area (Å²) in [5.74, 6) is -1.94. The fraction of sp³-hybridized carbons (Fsp3) is 0.182. The highest BCUT2D eigenvalue weighted by atomic mass is 16.6. The van der Waals surface area contributed by atoms with Gasteiger partial charge in [-0.1, -0.05) is 30.3 Å². The molecule has 2 N–H and O–H groups in total. The Morgan fingerprint density at radius 2 is 1.87 bits per heavy atom. The van der Waals surface area contributed by atoms with E-state index in [4.69, 9.17) is 9.84 Å². The summed E-state index contributed by atoms with van der Waals surface area (Å²) in [7, 11) is 0. The van der Waals surface area contributed by atoms with Gasteiger partial charge in [0.05, 0.1) is 0 Å². The zero-order valence-corrected chi connectivity index (χ0v) is 7.88. The molecule has 0 aliphatic carbocycles. The Bertz CT molecular complexity index is 408. The van der Waals surface area contributed by atoms with Crippen molar-refractivity contribution < 1.29 is 19.7 Å². The number of rotatable bonds is 2. The Labute approximate surface area is 86.4 Å². The molecule has 0 aromatic heterocycles. The van der Waals surface area contributed by atoms with Gasteiger partial charge in [0.25, 0.3) is 0 Å². The molecule has 4 heteroatoms. The number of aliphatic hydroxyl groups excluding tert-OH is 2. The van der Waals surface area contributed by atoms with Crippen LogP contribution in [0.2, 0.25) is 0 Å². The van der Waals surface area contributed by atoms with E-state index in [1.807, 2.05) is 30.3 Å². The van der Waals surface area contributed by atoms with E-state index in [1.165, 1.54) is 0 Å². The first kappa shape index (κ1) is 9.58. The first-order valence-electron chi connectivity index (χ1n) is 4.55. The summed E-state index contributed by atoms with van der Waals surface area (Å²) < 4.78 is 4.78. The summed E-state index contributed by atoms with van der Waals surface area (Å²) in [6, 6.07) is 9.30. The van der Waals surface area contributed by atoms with Crippen LogP contribution in [0.4, 0.5) is 0 Å². The molecule has 1 heterocycles. The Kier molecular flexibility index (Phi) is 2.33. The van der Waals surface area contributed by atoms with Gasteiger partial charge in [-0.3, -0.25) is 0 Å². The van der Waals surface area contributed by atoms with E-state index < -0.39 is 17.8 Å². The number of esters is 1. The van der Waals surface area contributed by atoms with Gasteiger partial charge in [-0.05, 0) is 5.56 Å². The SMILES string of the molecule is O=C1OC(Cc2ccccc2)C(O)=C1O. The minimum absolute atomic E-state index is 0.364. The second-order valence-corrected chi connectivity index (χ2v) is 3.32. The van der Waals surface area contributed by atoms with Crippen molar-refractivity contribution in [3.05, 3.63) is 47.4 Å². The van der Waals surface area contributed by atoms with Crippen molar-refractivity contribution in [2.75, 3.05) is 0 Å². The minimum Gasteiger partial charge on any atom is -0.505 e. The lowest BCUT2D eigenvalue weighted by Gasteiger charge is -2.09. The lowest BCUT2D eigenvalue weighted by atomic mass is 10.1. The summed E-state index contributed by atoms with van der Waals surface area (Å²) in [6.07, 6.45) is -0.400. The predicted molar refractivity (Wildman–Crippen MR) is 52.3 cm³/mol. The monoisotopic (exact) mass is 206 g/mol. The van der Waals surface area contributed by atoms with Crippen LogP contribution in [0.3, 0.4) is 0 Å². The van der Waals surface area contributed by atoms with Crippen LogP contribution in [0.25, 0.3) is 0 Å². The maximum Gasteiger partial charge on any atom is 0.377 e. The van der Waals surface area contributed by atoms with E-state index in [0.29, 0.717) is 6.42 Å². The lowest BCUT2D eigenvalue weighted by molar-refractivity contribution is -0.142. The molecule has 1 atom stereocenters. The molecule has 4 nitrogen and oxygen atoms in total. The highest BCUT2D eigenvalue weighted by Gasteiger charge is 2.34. The summed E-state index contributed by atoms with van der Waals surface area (Å²) >= 11 is 0. The van der Waals surface area contributed by atoms with E-state index >= 15 is 0 Å². The molecular weight excluding hydrogens is 196 g/mol. The van der Waals surface area contributed by atoms with E-state index in [2.05, 4.69) is 0 Å². The molecule has 15 heavy (non-hydrogen) atoms. The van der Waals surface area contributed by atoms with Crippen LogP contribution in [0.1, 0.15) is 5.56 Å². The average molecular weight is 206 g/mol. The molecule has 1 aliphatic rings.